The van der Waals surface area contributed by atoms with Gasteiger partial charge in [-0.25, -0.2) is 0 Å². The maximum absolute atomic E-state index is 11.8. The van der Waals surface area contributed by atoms with Crippen LogP contribution in [0.1, 0.15) is 31.2 Å². The molecule has 1 aromatic heterocycles. The molecule has 1 aliphatic rings. The highest BCUT2D eigenvalue weighted by Gasteiger charge is 2.18. The van der Waals surface area contributed by atoms with E-state index in [1.807, 2.05) is 12.1 Å². The topological polar surface area (TPSA) is 62.3 Å². The van der Waals surface area contributed by atoms with Crippen molar-refractivity contribution in [1.82, 2.24) is 15.2 Å². The van der Waals surface area contributed by atoms with E-state index in [-0.39, 0.29) is 18.4 Å². The Morgan fingerprint density at radius 2 is 2.26 bits per heavy atom. The summed E-state index contributed by atoms with van der Waals surface area (Å²) in [6.45, 7) is 1.31. The van der Waals surface area contributed by atoms with Crippen molar-refractivity contribution in [2.45, 2.75) is 32.2 Å². The van der Waals surface area contributed by atoms with E-state index < -0.39 is 0 Å². The van der Waals surface area contributed by atoms with Gasteiger partial charge in [-0.1, -0.05) is 12.5 Å². The lowest BCUT2D eigenvalue weighted by Gasteiger charge is -2.19. The van der Waals surface area contributed by atoms with Crippen LogP contribution in [-0.2, 0) is 16.1 Å². The normalized spacial score (nSPS) is 16.0. The van der Waals surface area contributed by atoms with Crippen LogP contribution in [-0.4, -0.2) is 34.8 Å². The lowest BCUT2D eigenvalue weighted by molar-refractivity contribution is -0.135. The van der Waals surface area contributed by atoms with E-state index in [1.165, 1.54) is 0 Å². The molecule has 0 spiro atoms. The summed E-state index contributed by atoms with van der Waals surface area (Å²) in [6, 6.07) is 3.74. The summed E-state index contributed by atoms with van der Waals surface area (Å²) in [5.74, 6) is -0.0202. The molecule has 0 atom stereocenters. The standard InChI is InChI=1S/C14H19N3O2/c18-13(16-10-12-5-4-7-15-9-12)11-17-8-3-1-2-6-14(17)19/h4-5,7,9H,1-3,6,8,10-11H2,(H,16,18). The molecule has 1 aromatic rings. The number of carbonyl (C=O) groups is 2. The average Bonchev–Trinajstić information content (AvgIpc) is 2.63. The smallest absolute Gasteiger partial charge is 0.239 e. The summed E-state index contributed by atoms with van der Waals surface area (Å²) in [7, 11) is 0. The first-order chi connectivity index (χ1) is 9.25. The third-order valence-electron chi connectivity index (χ3n) is 3.22. The Morgan fingerprint density at radius 3 is 3.05 bits per heavy atom. The summed E-state index contributed by atoms with van der Waals surface area (Å²) in [5.41, 5.74) is 0.957. The van der Waals surface area contributed by atoms with Gasteiger partial charge in [0, 0.05) is 31.9 Å². The van der Waals surface area contributed by atoms with Crippen molar-refractivity contribution in [2.75, 3.05) is 13.1 Å². The van der Waals surface area contributed by atoms with E-state index in [0.29, 0.717) is 19.5 Å². The highest BCUT2D eigenvalue weighted by molar-refractivity contribution is 5.84. The maximum atomic E-state index is 11.8. The predicted molar refractivity (Wildman–Crippen MR) is 71.1 cm³/mol. The number of amides is 2. The Morgan fingerprint density at radius 1 is 1.37 bits per heavy atom. The molecule has 2 rings (SSSR count). The van der Waals surface area contributed by atoms with Crippen LogP contribution in [0.15, 0.2) is 24.5 Å². The van der Waals surface area contributed by atoms with E-state index in [1.54, 1.807) is 17.3 Å². The van der Waals surface area contributed by atoms with Crippen LogP contribution >= 0.6 is 0 Å². The molecule has 5 nitrogen and oxygen atoms in total. The third-order valence-corrected chi connectivity index (χ3v) is 3.22. The van der Waals surface area contributed by atoms with Crippen LogP contribution in [0.2, 0.25) is 0 Å². The first-order valence-corrected chi connectivity index (χ1v) is 6.69. The number of aromatic nitrogens is 1. The van der Waals surface area contributed by atoms with E-state index in [9.17, 15) is 9.59 Å². The first-order valence-electron chi connectivity index (χ1n) is 6.69. The molecule has 0 saturated carbocycles. The zero-order valence-electron chi connectivity index (χ0n) is 11.0. The molecule has 2 heterocycles. The Balaban J connectivity index is 1.79. The molecular formula is C14H19N3O2. The van der Waals surface area contributed by atoms with Crippen molar-refractivity contribution in [3.8, 4) is 0 Å². The van der Waals surface area contributed by atoms with Crippen LogP contribution in [0.3, 0.4) is 0 Å². The number of nitrogens with one attached hydrogen (secondary N) is 1. The molecular weight excluding hydrogens is 242 g/mol. The van der Waals surface area contributed by atoms with Crippen molar-refractivity contribution in [3.63, 3.8) is 0 Å². The van der Waals surface area contributed by atoms with Gasteiger partial charge in [0.1, 0.15) is 0 Å². The van der Waals surface area contributed by atoms with E-state index in [2.05, 4.69) is 10.3 Å². The van der Waals surface area contributed by atoms with Crippen molar-refractivity contribution in [1.29, 1.82) is 0 Å². The van der Waals surface area contributed by atoms with Gasteiger partial charge >= 0.3 is 0 Å². The van der Waals surface area contributed by atoms with Crippen LogP contribution < -0.4 is 5.32 Å². The number of pyridine rings is 1. The average molecular weight is 261 g/mol. The van der Waals surface area contributed by atoms with Crippen LogP contribution in [0.5, 0.6) is 0 Å². The summed E-state index contributed by atoms with van der Waals surface area (Å²) >= 11 is 0. The molecule has 0 aliphatic carbocycles. The lowest BCUT2D eigenvalue weighted by atomic mass is 10.2. The molecule has 2 amide bonds. The van der Waals surface area contributed by atoms with Gasteiger partial charge in [-0.3, -0.25) is 14.6 Å². The molecule has 0 unspecified atom stereocenters. The van der Waals surface area contributed by atoms with Gasteiger partial charge in [0.05, 0.1) is 6.54 Å². The molecule has 0 bridgehead atoms. The maximum Gasteiger partial charge on any atom is 0.239 e. The van der Waals surface area contributed by atoms with Gasteiger partial charge in [0.15, 0.2) is 0 Å². The van der Waals surface area contributed by atoms with Gasteiger partial charge in [0.25, 0.3) is 0 Å². The molecule has 0 aromatic carbocycles. The van der Waals surface area contributed by atoms with E-state index >= 15 is 0 Å². The van der Waals surface area contributed by atoms with Crippen molar-refractivity contribution >= 4 is 11.8 Å². The van der Waals surface area contributed by atoms with Gasteiger partial charge in [-0.15, -0.1) is 0 Å². The molecule has 5 heteroatoms. The van der Waals surface area contributed by atoms with Crippen molar-refractivity contribution in [3.05, 3.63) is 30.1 Å². The Labute approximate surface area is 113 Å². The minimum absolute atomic E-state index is 0.0917. The number of hydrogen-bond donors (Lipinski definition) is 1. The Hall–Kier alpha value is -1.91. The quantitative estimate of drug-likeness (QED) is 0.883. The summed E-state index contributed by atoms with van der Waals surface area (Å²) in [4.78, 5) is 29.2. The SMILES string of the molecule is O=C(CN1CCCCCC1=O)NCc1cccnc1. The fourth-order valence-electron chi connectivity index (χ4n) is 2.14. The second-order valence-electron chi connectivity index (χ2n) is 4.76. The fourth-order valence-corrected chi connectivity index (χ4v) is 2.14. The third kappa shape index (κ3) is 4.35. The molecule has 1 fully saturated rings. The predicted octanol–water partition coefficient (Wildman–Crippen LogP) is 1.10. The molecule has 1 aliphatic heterocycles. The van der Waals surface area contributed by atoms with E-state index in [0.717, 1.165) is 24.8 Å². The molecule has 19 heavy (non-hydrogen) atoms. The second kappa shape index (κ2) is 6.87. The number of nitrogens with zero attached hydrogens (tertiary/aromatic N) is 2. The fraction of sp³-hybridized carbons (Fsp3) is 0.500. The Kier molecular flexibility index (Phi) is 4.89. The van der Waals surface area contributed by atoms with Crippen molar-refractivity contribution in [2.24, 2.45) is 0 Å². The zero-order valence-corrected chi connectivity index (χ0v) is 11.0. The van der Waals surface area contributed by atoms with Gasteiger partial charge in [0.2, 0.25) is 11.8 Å². The minimum atomic E-state index is -0.112. The first kappa shape index (κ1) is 13.5. The van der Waals surface area contributed by atoms with Gasteiger partial charge in [-0.2, -0.15) is 0 Å². The largest absolute Gasteiger partial charge is 0.350 e. The lowest BCUT2D eigenvalue weighted by Crippen LogP contribution is -2.40. The van der Waals surface area contributed by atoms with Crippen LogP contribution in [0.4, 0.5) is 0 Å². The van der Waals surface area contributed by atoms with E-state index in [4.69, 9.17) is 0 Å². The highest BCUT2D eigenvalue weighted by Crippen LogP contribution is 2.10. The van der Waals surface area contributed by atoms with Gasteiger partial charge in [-0.05, 0) is 24.5 Å². The molecule has 1 N–H and O–H groups in total. The van der Waals surface area contributed by atoms with Crippen LogP contribution in [0, 0.1) is 0 Å². The number of hydrogen-bond acceptors (Lipinski definition) is 3. The van der Waals surface area contributed by atoms with Gasteiger partial charge < -0.3 is 10.2 Å². The second-order valence-corrected chi connectivity index (χ2v) is 4.76. The molecule has 1 saturated heterocycles. The number of carbonyl (C=O) groups excluding carboxylic acids is 2. The molecule has 0 radical (unpaired) electrons. The number of likely N-dealkylation sites (tertiary alicyclic amines) is 1. The Bertz CT molecular complexity index is 434. The minimum Gasteiger partial charge on any atom is -0.350 e. The number of rotatable bonds is 4. The summed E-state index contributed by atoms with van der Waals surface area (Å²) in [6.07, 6.45) is 6.97. The monoisotopic (exact) mass is 261 g/mol. The summed E-state index contributed by atoms with van der Waals surface area (Å²) < 4.78 is 0. The zero-order chi connectivity index (χ0) is 13.5. The highest BCUT2D eigenvalue weighted by atomic mass is 16.2. The van der Waals surface area contributed by atoms with Crippen LogP contribution in [0.25, 0.3) is 0 Å². The summed E-state index contributed by atoms with van der Waals surface area (Å²) in [5, 5.41) is 2.81. The van der Waals surface area contributed by atoms with Crippen molar-refractivity contribution < 1.29 is 9.59 Å². The molecule has 102 valence electrons.